The number of carbonyl (C=O) groups is 3. The average molecular weight is 600 g/mol. The Kier molecular flexibility index (Phi) is 7.21. The molecule has 0 aromatic carbocycles. The van der Waals surface area contributed by atoms with Gasteiger partial charge in [0, 0.05) is 28.9 Å². The number of rotatable bonds is 8. The Hall–Kier alpha value is -4.25. The number of oxime groups is 1. The molecule has 214 valence electrons. The van der Waals surface area contributed by atoms with Gasteiger partial charge >= 0.3 is 11.6 Å². The first-order chi connectivity index (χ1) is 19.8. The van der Waals surface area contributed by atoms with Crippen molar-refractivity contribution in [2.75, 3.05) is 17.2 Å². The molecule has 0 unspecified atom stereocenters. The molecule has 0 spiro atoms. The quantitative estimate of drug-likeness (QED) is 0.118. The fourth-order valence-electron chi connectivity index (χ4n) is 5.22. The standard InChI is InChI=1S/C24H26N10O5S2/c25-14-10-32(15-7-4-8-27-34(14)15)9-12-11-40-22-17(21(36)33(22)18(12)23(37)38)28-20(35)16(19-29-24(26)41-31-19)30-39-13-5-2-1-3-6-13/h4,7-8,10,13,17,22H,1-3,5-6,9,11H2,(H5-,25,26,27,28,29,31,35,37,38)/p+1/b30-16-/t17-,22-/m1/s1. The topological polar surface area (TPSA) is 207 Å². The van der Waals surface area contributed by atoms with E-state index in [1.807, 2.05) is 6.07 Å². The highest BCUT2D eigenvalue weighted by Gasteiger charge is 2.54. The minimum Gasteiger partial charge on any atom is -0.477 e. The van der Waals surface area contributed by atoms with Crippen LogP contribution in [0.2, 0.25) is 0 Å². The molecule has 17 heteroatoms. The second-order valence-corrected chi connectivity index (χ2v) is 11.7. The Morgan fingerprint density at radius 2 is 2.07 bits per heavy atom. The van der Waals surface area contributed by atoms with Crippen molar-refractivity contribution in [1.82, 2.24) is 29.2 Å². The van der Waals surface area contributed by atoms with Gasteiger partial charge in [-0.25, -0.2) is 9.36 Å². The number of nitrogens with zero attached hydrogens (tertiary/aromatic N) is 7. The molecule has 0 radical (unpaired) electrons. The van der Waals surface area contributed by atoms with Crippen LogP contribution >= 0.6 is 23.3 Å². The van der Waals surface area contributed by atoms with E-state index < -0.39 is 29.2 Å². The van der Waals surface area contributed by atoms with Crippen molar-refractivity contribution in [3.63, 3.8) is 0 Å². The Morgan fingerprint density at radius 3 is 2.80 bits per heavy atom. The van der Waals surface area contributed by atoms with Gasteiger partial charge < -0.3 is 26.7 Å². The summed E-state index contributed by atoms with van der Waals surface area (Å²) in [6.07, 6.45) is 7.95. The maximum Gasteiger partial charge on any atom is 0.352 e. The second kappa shape index (κ2) is 11.0. The van der Waals surface area contributed by atoms with Crippen molar-refractivity contribution >= 4 is 63.4 Å². The number of nitrogens with one attached hydrogen (secondary N) is 1. The Balaban J connectivity index is 1.21. The number of hydrogen-bond acceptors (Lipinski definition) is 12. The summed E-state index contributed by atoms with van der Waals surface area (Å²) in [6, 6.07) is 2.59. The van der Waals surface area contributed by atoms with E-state index in [2.05, 4.69) is 24.9 Å². The number of carbonyl (C=O) groups excluding carboxylic acids is 2. The number of amides is 2. The summed E-state index contributed by atoms with van der Waals surface area (Å²) < 4.78 is 7.42. The highest BCUT2D eigenvalue weighted by Crippen LogP contribution is 2.40. The van der Waals surface area contributed by atoms with Crippen LogP contribution in [-0.2, 0) is 25.8 Å². The lowest BCUT2D eigenvalue weighted by molar-refractivity contribution is -0.662. The zero-order chi connectivity index (χ0) is 28.7. The third-order valence-corrected chi connectivity index (χ3v) is 9.05. The van der Waals surface area contributed by atoms with Gasteiger partial charge in [0.2, 0.25) is 11.5 Å². The Morgan fingerprint density at radius 1 is 1.27 bits per heavy atom. The van der Waals surface area contributed by atoms with Crippen LogP contribution in [0, 0.1) is 0 Å². The molecule has 1 aliphatic carbocycles. The van der Waals surface area contributed by atoms with Gasteiger partial charge in [0.15, 0.2) is 11.3 Å². The first-order valence-electron chi connectivity index (χ1n) is 13.0. The SMILES string of the molecule is Nc1nc(/C(=N/OC2CCCCC2)C(=O)N[C@@H]2C(=O)N3C(C(=O)O)=C(C[n+]4cc(N)n5ncccc54)CS[C@H]23)ns1. The van der Waals surface area contributed by atoms with Crippen LogP contribution in [0.15, 0.2) is 41.0 Å². The average Bonchev–Trinajstić information content (AvgIpc) is 3.54. The second-order valence-electron chi connectivity index (χ2n) is 9.86. The van der Waals surface area contributed by atoms with Crippen LogP contribution in [-0.4, -0.2) is 75.7 Å². The van der Waals surface area contributed by atoms with Crippen molar-refractivity contribution in [3.8, 4) is 0 Å². The number of aliphatic carboxylic acids is 1. The minimum absolute atomic E-state index is 0.000255. The number of thioether (sulfide) groups is 1. The van der Waals surface area contributed by atoms with E-state index in [-0.39, 0.29) is 35.0 Å². The highest BCUT2D eigenvalue weighted by atomic mass is 32.2. The number of fused-ring (bicyclic) bond motifs is 2. The van der Waals surface area contributed by atoms with Crippen molar-refractivity contribution in [3.05, 3.63) is 41.6 Å². The number of carboxylic acids is 1. The van der Waals surface area contributed by atoms with Gasteiger partial charge in [-0.05, 0) is 31.7 Å². The Labute approximate surface area is 241 Å². The molecule has 1 saturated carbocycles. The van der Waals surface area contributed by atoms with Crippen LogP contribution in [0.1, 0.15) is 37.9 Å². The summed E-state index contributed by atoms with van der Waals surface area (Å²) in [5, 5.41) is 20.6. The summed E-state index contributed by atoms with van der Waals surface area (Å²) in [7, 11) is 0. The molecule has 2 atom stereocenters. The van der Waals surface area contributed by atoms with Crippen molar-refractivity contribution in [2.24, 2.45) is 5.16 Å². The van der Waals surface area contributed by atoms with Crippen LogP contribution in [0.3, 0.4) is 0 Å². The minimum atomic E-state index is -1.23. The highest BCUT2D eigenvalue weighted by molar-refractivity contribution is 8.00. The zero-order valence-corrected chi connectivity index (χ0v) is 23.3. The van der Waals surface area contributed by atoms with Gasteiger partial charge in [-0.15, -0.1) is 11.8 Å². The third kappa shape index (κ3) is 5.06. The summed E-state index contributed by atoms with van der Waals surface area (Å²) in [5.74, 6) is -1.77. The van der Waals surface area contributed by atoms with Gasteiger partial charge in [0.05, 0.1) is 6.20 Å². The number of nitrogens with two attached hydrogens (primary N) is 2. The smallest absolute Gasteiger partial charge is 0.352 e. The van der Waals surface area contributed by atoms with E-state index in [1.165, 1.54) is 16.7 Å². The predicted molar refractivity (Wildman–Crippen MR) is 148 cm³/mol. The lowest BCUT2D eigenvalue weighted by Gasteiger charge is -2.49. The fourth-order valence-corrected chi connectivity index (χ4v) is 6.99. The molecule has 2 amide bonds. The molecule has 5 heterocycles. The molecule has 41 heavy (non-hydrogen) atoms. The molecule has 3 aromatic rings. The largest absolute Gasteiger partial charge is 0.477 e. The van der Waals surface area contributed by atoms with Gasteiger partial charge in [0.25, 0.3) is 17.6 Å². The first-order valence-corrected chi connectivity index (χ1v) is 14.8. The van der Waals surface area contributed by atoms with Crippen LogP contribution in [0.25, 0.3) is 5.65 Å². The number of anilines is 2. The molecule has 3 aromatic heterocycles. The number of aromatic nitrogens is 5. The number of nitrogen functional groups attached to an aromatic ring is 2. The van der Waals surface area contributed by atoms with Crippen LogP contribution < -0.4 is 21.4 Å². The van der Waals surface area contributed by atoms with E-state index >= 15 is 0 Å². The number of β-lactam (4-membered cyclic amide) rings is 1. The number of hydrogen-bond donors (Lipinski definition) is 4. The van der Waals surface area contributed by atoms with Crippen LogP contribution in [0.4, 0.5) is 10.9 Å². The lowest BCUT2D eigenvalue weighted by Crippen LogP contribution is -2.71. The van der Waals surface area contributed by atoms with E-state index in [9.17, 15) is 19.5 Å². The molecular weight excluding hydrogens is 572 g/mol. The molecule has 6 N–H and O–H groups in total. The summed E-state index contributed by atoms with van der Waals surface area (Å²) in [6.45, 7) is 0.195. The number of imidazole rings is 1. The first kappa shape index (κ1) is 26.9. The predicted octanol–water partition coefficient (Wildman–Crippen LogP) is 0.130. The molecular formula is C24H27N10O5S2+. The zero-order valence-electron chi connectivity index (χ0n) is 21.7. The monoisotopic (exact) mass is 599 g/mol. The van der Waals surface area contributed by atoms with E-state index in [4.69, 9.17) is 16.3 Å². The molecule has 6 rings (SSSR count). The van der Waals surface area contributed by atoms with Gasteiger partial charge in [-0.3, -0.25) is 14.5 Å². The lowest BCUT2D eigenvalue weighted by atomic mass is 9.98. The van der Waals surface area contributed by atoms with Gasteiger partial charge in [0.1, 0.15) is 29.8 Å². The molecule has 2 aliphatic heterocycles. The molecule has 3 aliphatic rings. The molecule has 0 bridgehead atoms. The van der Waals surface area contributed by atoms with Crippen LogP contribution in [0.5, 0.6) is 0 Å². The van der Waals surface area contributed by atoms with Crippen molar-refractivity contribution in [2.45, 2.75) is 56.2 Å². The molecule has 15 nitrogen and oxygen atoms in total. The summed E-state index contributed by atoms with van der Waals surface area (Å²) in [5.41, 5.74) is 12.7. The molecule has 1 saturated heterocycles. The van der Waals surface area contributed by atoms with Gasteiger partial charge in [-0.2, -0.15) is 9.36 Å². The summed E-state index contributed by atoms with van der Waals surface area (Å²) >= 11 is 2.27. The van der Waals surface area contributed by atoms with E-state index in [0.29, 0.717) is 22.8 Å². The van der Waals surface area contributed by atoms with Gasteiger partial charge in [-0.1, -0.05) is 21.2 Å². The van der Waals surface area contributed by atoms with Crippen molar-refractivity contribution in [1.29, 1.82) is 0 Å². The van der Waals surface area contributed by atoms with E-state index in [1.54, 1.807) is 27.5 Å². The van der Waals surface area contributed by atoms with E-state index in [0.717, 1.165) is 43.6 Å². The Bertz CT molecular complexity index is 1590. The fraction of sp³-hybridized carbons (Fsp3) is 0.417. The maximum atomic E-state index is 13.3. The summed E-state index contributed by atoms with van der Waals surface area (Å²) in [4.78, 5) is 49.9. The molecule has 2 fully saturated rings. The third-order valence-electron chi connectivity index (χ3n) is 7.17. The number of carboxylic acid groups (broad SMARTS) is 1. The normalized spacial score (nSPS) is 21.5. The maximum absolute atomic E-state index is 13.3. The van der Waals surface area contributed by atoms with Crippen molar-refractivity contribution < 1.29 is 28.9 Å².